The summed E-state index contributed by atoms with van der Waals surface area (Å²) in [6.07, 6.45) is 6.07. The average molecular weight is 449 g/mol. The first-order valence-electron chi connectivity index (χ1n) is 11.7. The molecule has 1 aromatic rings. The number of nitrogens with zero attached hydrogens (tertiary/aromatic N) is 6. The molecular weight excluding hydrogens is 412 g/mol. The molecule has 11 nitrogen and oxygen atoms in total. The van der Waals surface area contributed by atoms with Crippen LogP contribution in [0.15, 0.2) is 0 Å². The van der Waals surface area contributed by atoms with Gasteiger partial charge in [0.05, 0.1) is 12.5 Å². The zero-order chi connectivity index (χ0) is 22.9. The number of aryl methyl sites for hydroxylation is 1. The van der Waals surface area contributed by atoms with E-state index in [9.17, 15) is 14.8 Å². The van der Waals surface area contributed by atoms with E-state index in [0.29, 0.717) is 42.0 Å². The third-order valence-electron chi connectivity index (χ3n) is 6.38. The second-order valence-electron chi connectivity index (χ2n) is 8.57. The summed E-state index contributed by atoms with van der Waals surface area (Å²) in [5.41, 5.74) is 5.51. The molecule has 1 unspecified atom stereocenters. The number of carbonyl (C=O) groups is 2. The van der Waals surface area contributed by atoms with E-state index in [1.807, 2.05) is 6.92 Å². The van der Waals surface area contributed by atoms with Crippen molar-refractivity contribution in [2.45, 2.75) is 52.4 Å². The summed E-state index contributed by atoms with van der Waals surface area (Å²) in [4.78, 5) is 41.7. The molecule has 3 N–H and O–H groups in total. The number of piperazine rings is 1. The van der Waals surface area contributed by atoms with Crippen LogP contribution >= 0.6 is 0 Å². The highest BCUT2D eigenvalue weighted by Gasteiger charge is 2.27. The number of rotatable bonds is 11. The molecule has 1 atom stereocenters. The van der Waals surface area contributed by atoms with Crippen molar-refractivity contribution < 1.29 is 14.8 Å². The summed E-state index contributed by atoms with van der Waals surface area (Å²) in [7, 11) is 0. The molecule has 32 heavy (non-hydrogen) atoms. The summed E-state index contributed by atoms with van der Waals surface area (Å²) in [5.74, 6) is 1.16. The number of hydrazine groups is 1. The number of likely N-dealkylation sites (N-methyl/N-ethyl adjacent to an activating group) is 1. The third kappa shape index (κ3) is 6.73. The van der Waals surface area contributed by atoms with Gasteiger partial charge in [-0.05, 0) is 18.9 Å². The Hall–Kier alpha value is -2.53. The number of hydroxylamine groups is 2. The van der Waals surface area contributed by atoms with Crippen molar-refractivity contribution in [3.05, 3.63) is 5.82 Å². The Balaban J connectivity index is 1.64. The monoisotopic (exact) mass is 448 g/mol. The summed E-state index contributed by atoms with van der Waals surface area (Å²) in [6, 6.07) is 0. The van der Waals surface area contributed by atoms with Crippen LogP contribution in [0, 0.1) is 11.8 Å². The van der Waals surface area contributed by atoms with Gasteiger partial charge in [-0.2, -0.15) is 15.0 Å². The first-order chi connectivity index (χ1) is 15.5. The molecule has 11 heteroatoms. The maximum Gasteiger partial charge on any atom is 0.246 e. The summed E-state index contributed by atoms with van der Waals surface area (Å²) in [6.45, 7) is 8.72. The highest BCUT2D eigenvalue weighted by Crippen LogP contribution is 2.30. The molecule has 2 fully saturated rings. The Morgan fingerprint density at radius 2 is 1.91 bits per heavy atom. The number of anilines is 2. The minimum atomic E-state index is -0.519. The predicted molar refractivity (Wildman–Crippen MR) is 120 cm³/mol. The van der Waals surface area contributed by atoms with Crippen LogP contribution in [0.4, 0.5) is 11.9 Å². The standard InChI is InChI=1S/C21H36N8O3/c1-3-18-22-20(24-21(23-18)28-11-9-27(4-2)10-12-28)26-25-19(31)17(14-29(32)15-30)13-16-7-5-6-8-16/h15-17,32H,3-14H2,1-2H3,(H,25,31)(H,22,23,24,26). The Morgan fingerprint density at radius 1 is 1.19 bits per heavy atom. The van der Waals surface area contributed by atoms with Gasteiger partial charge >= 0.3 is 0 Å². The Labute approximate surface area is 189 Å². The van der Waals surface area contributed by atoms with E-state index in [1.54, 1.807) is 0 Å². The largest absolute Gasteiger partial charge is 0.338 e. The molecule has 2 amide bonds. The first-order valence-corrected chi connectivity index (χ1v) is 11.7. The van der Waals surface area contributed by atoms with E-state index >= 15 is 0 Å². The zero-order valence-electron chi connectivity index (χ0n) is 19.2. The number of carbonyl (C=O) groups excluding carboxylic acids is 2. The zero-order valence-corrected chi connectivity index (χ0v) is 19.2. The molecule has 2 heterocycles. The number of hydrogen-bond acceptors (Lipinski definition) is 9. The molecule has 1 aliphatic carbocycles. The molecule has 0 bridgehead atoms. The lowest BCUT2D eigenvalue weighted by atomic mass is 9.92. The molecule has 1 aromatic heterocycles. The lowest BCUT2D eigenvalue weighted by molar-refractivity contribution is -0.154. The molecule has 0 radical (unpaired) electrons. The van der Waals surface area contributed by atoms with Crippen molar-refractivity contribution in [3.8, 4) is 0 Å². The molecule has 0 spiro atoms. The van der Waals surface area contributed by atoms with Gasteiger partial charge in [0, 0.05) is 32.6 Å². The van der Waals surface area contributed by atoms with Gasteiger partial charge in [-0.15, -0.1) is 0 Å². The van der Waals surface area contributed by atoms with Crippen molar-refractivity contribution in [1.29, 1.82) is 0 Å². The van der Waals surface area contributed by atoms with Crippen molar-refractivity contribution >= 4 is 24.2 Å². The smallest absolute Gasteiger partial charge is 0.246 e. The van der Waals surface area contributed by atoms with E-state index in [4.69, 9.17) is 0 Å². The Morgan fingerprint density at radius 3 is 2.53 bits per heavy atom. The van der Waals surface area contributed by atoms with E-state index in [0.717, 1.165) is 58.4 Å². The summed E-state index contributed by atoms with van der Waals surface area (Å²) < 4.78 is 0. The van der Waals surface area contributed by atoms with Gasteiger partial charge in [0.15, 0.2) is 0 Å². The van der Waals surface area contributed by atoms with Gasteiger partial charge in [0.1, 0.15) is 5.82 Å². The first kappa shape index (κ1) is 24.1. The van der Waals surface area contributed by atoms with E-state index in [-0.39, 0.29) is 18.4 Å². The molecule has 1 saturated heterocycles. The molecule has 0 aromatic carbocycles. The number of amides is 2. The van der Waals surface area contributed by atoms with Crippen LogP contribution in [0.2, 0.25) is 0 Å². The fourth-order valence-corrected chi connectivity index (χ4v) is 4.43. The highest BCUT2D eigenvalue weighted by atomic mass is 16.5. The van der Waals surface area contributed by atoms with E-state index in [1.165, 1.54) is 0 Å². The van der Waals surface area contributed by atoms with Gasteiger partial charge in [0.2, 0.25) is 24.2 Å². The van der Waals surface area contributed by atoms with E-state index in [2.05, 4.69) is 42.5 Å². The topological polar surface area (TPSA) is 127 Å². The second-order valence-corrected chi connectivity index (χ2v) is 8.57. The number of hydrogen-bond donors (Lipinski definition) is 3. The quantitative estimate of drug-likeness (QED) is 0.259. The van der Waals surface area contributed by atoms with Gasteiger partial charge in [0.25, 0.3) is 0 Å². The van der Waals surface area contributed by atoms with Crippen LogP contribution in [-0.2, 0) is 16.0 Å². The van der Waals surface area contributed by atoms with Gasteiger partial charge in [-0.25, -0.2) is 5.06 Å². The second kappa shape index (κ2) is 11.9. The molecular formula is C21H36N8O3. The minimum Gasteiger partial charge on any atom is -0.338 e. The molecule has 1 saturated carbocycles. The maximum atomic E-state index is 12.9. The van der Waals surface area contributed by atoms with Gasteiger partial charge in [-0.3, -0.25) is 25.6 Å². The Bertz CT molecular complexity index is 751. The van der Waals surface area contributed by atoms with Crippen LogP contribution in [0.25, 0.3) is 0 Å². The average Bonchev–Trinajstić information content (AvgIpc) is 3.35. The lowest BCUT2D eigenvalue weighted by Crippen LogP contribution is -2.47. The maximum absolute atomic E-state index is 12.9. The third-order valence-corrected chi connectivity index (χ3v) is 6.38. The predicted octanol–water partition coefficient (Wildman–Crippen LogP) is 1.06. The highest BCUT2D eigenvalue weighted by molar-refractivity contribution is 5.80. The van der Waals surface area contributed by atoms with Crippen LogP contribution in [-0.4, -0.2) is 81.7 Å². The van der Waals surface area contributed by atoms with E-state index < -0.39 is 5.92 Å². The van der Waals surface area contributed by atoms with Gasteiger partial charge < -0.3 is 9.80 Å². The fraction of sp³-hybridized carbons (Fsp3) is 0.762. The number of aromatic nitrogens is 3. The van der Waals surface area contributed by atoms with Crippen LogP contribution in [0.1, 0.15) is 51.8 Å². The molecule has 1 aliphatic heterocycles. The van der Waals surface area contributed by atoms with Crippen molar-refractivity contribution in [2.24, 2.45) is 11.8 Å². The molecule has 3 rings (SSSR count). The minimum absolute atomic E-state index is 0.0438. The molecule has 2 aliphatic rings. The molecule has 178 valence electrons. The van der Waals surface area contributed by atoms with Crippen molar-refractivity contribution in [2.75, 3.05) is 49.6 Å². The van der Waals surface area contributed by atoms with Crippen molar-refractivity contribution in [1.82, 2.24) is 30.3 Å². The Kier molecular flexibility index (Phi) is 8.98. The van der Waals surface area contributed by atoms with Crippen molar-refractivity contribution in [3.63, 3.8) is 0 Å². The van der Waals surface area contributed by atoms with Crippen LogP contribution < -0.4 is 15.8 Å². The van der Waals surface area contributed by atoms with Gasteiger partial charge in [-0.1, -0.05) is 39.5 Å². The van der Waals surface area contributed by atoms with Crippen LogP contribution in [0.5, 0.6) is 0 Å². The van der Waals surface area contributed by atoms with Crippen LogP contribution in [0.3, 0.4) is 0 Å². The summed E-state index contributed by atoms with van der Waals surface area (Å²) in [5, 5.41) is 10.2. The normalized spacial score (nSPS) is 18.4. The number of nitrogens with one attached hydrogen (secondary N) is 2. The lowest BCUT2D eigenvalue weighted by Gasteiger charge is -2.34. The fourth-order valence-electron chi connectivity index (χ4n) is 4.43. The SMILES string of the molecule is CCc1nc(NNC(=O)C(CC2CCCC2)CN(O)C=O)nc(N2CCN(CC)CC2)n1. The summed E-state index contributed by atoms with van der Waals surface area (Å²) >= 11 is 0.